The van der Waals surface area contributed by atoms with E-state index in [2.05, 4.69) is 4.90 Å². The number of carbonyl (C=O) groups excluding carboxylic acids is 1. The lowest BCUT2D eigenvalue weighted by Gasteiger charge is -2.34. The van der Waals surface area contributed by atoms with Gasteiger partial charge in [0, 0.05) is 45.6 Å². The molecule has 4 rings (SSSR count). The third-order valence-corrected chi connectivity index (χ3v) is 5.58. The van der Waals surface area contributed by atoms with Crippen LogP contribution in [0.15, 0.2) is 48.5 Å². The van der Waals surface area contributed by atoms with E-state index in [0.29, 0.717) is 26.2 Å². The zero-order valence-electron chi connectivity index (χ0n) is 17.4. The Hall–Kier alpha value is -2.73. The predicted octanol–water partition coefficient (Wildman–Crippen LogP) is 3.00. The van der Waals surface area contributed by atoms with Crippen molar-refractivity contribution in [1.82, 2.24) is 9.80 Å². The molecule has 0 unspecified atom stereocenters. The normalized spacial score (nSPS) is 16.7. The molecular formula is C24H30N2O4. The number of piperazine rings is 1. The van der Waals surface area contributed by atoms with Crippen molar-refractivity contribution in [3.05, 3.63) is 54.1 Å². The fourth-order valence-corrected chi connectivity index (χ4v) is 3.80. The van der Waals surface area contributed by atoms with Gasteiger partial charge in [0.1, 0.15) is 12.4 Å². The van der Waals surface area contributed by atoms with Gasteiger partial charge in [-0.2, -0.15) is 0 Å². The molecule has 1 saturated heterocycles. The monoisotopic (exact) mass is 410 g/mol. The number of para-hydroxylation sites is 1. The maximum Gasteiger partial charge on any atom is 0.222 e. The van der Waals surface area contributed by atoms with Crippen molar-refractivity contribution < 1.29 is 19.0 Å². The summed E-state index contributed by atoms with van der Waals surface area (Å²) < 4.78 is 17.2. The molecule has 2 heterocycles. The minimum atomic E-state index is 0.224. The molecule has 2 aliphatic rings. The highest BCUT2D eigenvalue weighted by atomic mass is 16.5. The number of ether oxygens (including phenoxy) is 3. The van der Waals surface area contributed by atoms with Crippen LogP contribution in [-0.4, -0.2) is 68.3 Å². The molecule has 160 valence electrons. The number of aryl methyl sites for hydroxylation is 1. The van der Waals surface area contributed by atoms with Gasteiger partial charge < -0.3 is 19.1 Å². The molecule has 1 amide bonds. The second-order valence-electron chi connectivity index (χ2n) is 7.72. The molecule has 6 nitrogen and oxygen atoms in total. The van der Waals surface area contributed by atoms with Crippen molar-refractivity contribution >= 4 is 5.91 Å². The molecule has 0 radical (unpaired) electrons. The Kier molecular flexibility index (Phi) is 7.08. The van der Waals surface area contributed by atoms with Crippen LogP contribution in [0.3, 0.4) is 0 Å². The lowest BCUT2D eigenvalue weighted by atomic mass is 10.1. The van der Waals surface area contributed by atoms with Crippen molar-refractivity contribution in [1.29, 1.82) is 0 Å². The van der Waals surface area contributed by atoms with E-state index in [1.807, 2.05) is 53.4 Å². The SMILES string of the molecule is O=C(CCc1ccc2c(c1)OCCCO2)N1CCN(CCOc2ccccc2)CC1. The average Bonchev–Trinajstić information content (AvgIpc) is 3.04. The van der Waals surface area contributed by atoms with E-state index < -0.39 is 0 Å². The first-order chi connectivity index (χ1) is 14.8. The van der Waals surface area contributed by atoms with Gasteiger partial charge in [0.25, 0.3) is 0 Å². The van der Waals surface area contributed by atoms with Gasteiger partial charge in [0.15, 0.2) is 11.5 Å². The molecule has 2 aromatic rings. The summed E-state index contributed by atoms with van der Waals surface area (Å²) in [4.78, 5) is 17.0. The Labute approximate surface area is 178 Å². The summed E-state index contributed by atoms with van der Waals surface area (Å²) in [5.74, 6) is 2.72. The molecule has 0 N–H and O–H groups in total. The standard InChI is InChI=1S/C24H30N2O4/c27-24(10-8-20-7-9-22-23(19-20)30-17-4-16-29-22)26-13-11-25(12-14-26)15-18-28-21-5-2-1-3-6-21/h1-3,5-7,9,19H,4,8,10-18H2. The number of amides is 1. The molecule has 0 aliphatic carbocycles. The van der Waals surface area contributed by atoms with E-state index >= 15 is 0 Å². The van der Waals surface area contributed by atoms with Crippen molar-refractivity contribution in [2.45, 2.75) is 19.3 Å². The average molecular weight is 411 g/mol. The van der Waals surface area contributed by atoms with Crippen LogP contribution < -0.4 is 14.2 Å². The Morgan fingerprint density at radius 3 is 2.50 bits per heavy atom. The maximum atomic E-state index is 12.6. The lowest BCUT2D eigenvalue weighted by molar-refractivity contribution is -0.132. The highest BCUT2D eigenvalue weighted by molar-refractivity contribution is 5.76. The maximum absolute atomic E-state index is 12.6. The molecule has 0 spiro atoms. The fraction of sp³-hybridized carbons (Fsp3) is 0.458. The molecule has 0 aromatic heterocycles. The van der Waals surface area contributed by atoms with Gasteiger partial charge in [-0.3, -0.25) is 9.69 Å². The molecule has 0 bridgehead atoms. The summed E-state index contributed by atoms with van der Waals surface area (Å²) in [6, 6.07) is 15.9. The molecule has 2 aliphatic heterocycles. The smallest absolute Gasteiger partial charge is 0.222 e. The number of hydrogen-bond acceptors (Lipinski definition) is 5. The third kappa shape index (κ3) is 5.66. The van der Waals surface area contributed by atoms with Gasteiger partial charge in [0.2, 0.25) is 5.91 Å². The Balaban J connectivity index is 1.17. The molecule has 1 fully saturated rings. The summed E-state index contributed by atoms with van der Waals surface area (Å²) in [5.41, 5.74) is 1.12. The van der Waals surface area contributed by atoms with E-state index in [0.717, 1.165) is 68.4 Å². The van der Waals surface area contributed by atoms with Crippen molar-refractivity contribution in [3.63, 3.8) is 0 Å². The van der Waals surface area contributed by atoms with Crippen LogP contribution >= 0.6 is 0 Å². The lowest BCUT2D eigenvalue weighted by Crippen LogP contribution is -2.49. The van der Waals surface area contributed by atoms with Crippen LogP contribution in [0.4, 0.5) is 0 Å². The largest absolute Gasteiger partial charge is 0.492 e. The van der Waals surface area contributed by atoms with Gasteiger partial charge in [-0.05, 0) is 36.2 Å². The highest BCUT2D eigenvalue weighted by Gasteiger charge is 2.21. The van der Waals surface area contributed by atoms with Gasteiger partial charge in [-0.25, -0.2) is 0 Å². The van der Waals surface area contributed by atoms with Crippen molar-refractivity contribution in [3.8, 4) is 17.2 Å². The van der Waals surface area contributed by atoms with E-state index in [4.69, 9.17) is 14.2 Å². The first-order valence-electron chi connectivity index (χ1n) is 10.8. The van der Waals surface area contributed by atoms with E-state index in [9.17, 15) is 4.79 Å². The number of hydrogen-bond donors (Lipinski definition) is 0. The van der Waals surface area contributed by atoms with Gasteiger partial charge in [0.05, 0.1) is 13.2 Å². The van der Waals surface area contributed by atoms with E-state index in [1.54, 1.807) is 0 Å². The first kappa shape index (κ1) is 20.5. The van der Waals surface area contributed by atoms with Crippen LogP contribution in [0.2, 0.25) is 0 Å². The molecule has 0 atom stereocenters. The molecular weight excluding hydrogens is 380 g/mol. The summed E-state index contributed by atoms with van der Waals surface area (Å²) in [6.45, 7) is 6.28. The van der Waals surface area contributed by atoms with Gasteiger partial charge >= 0.3 is 0 Å². The number of fused-ring (bicyclic) bond motifs is 1. The fourth-order valence-electron chi connectivity index (χ4n) is 3.80. The van der Waals surface area contributed by atoms with Crippen LogP contribution in [0.25, 0.3) is 0 Å². The molecule has 6 heteroatoms. The Bertz CT molecular complexity index is 819. The van der Waals surface area contributed by atoms with Gasteiger partial charge in [-0.1, -0.05) is 24.3 Å². The topological polar surface area (TPSA) is 51.2 Å². The van der Waals surface area contributed by atoms with Crippen molar-refractivity contribution in [2.24, 2.45) is 0 Å². The summed E-state index contributed by atoms with van der Waals surface area (Å²) in [7, 11) is 0. The minimum absolute atomic E-state index is 0.224. The second kappa shape index (κ2) is 10.3. The third-order valence-electron chi connectivity index (χ3n) is 5.58. The minimum Gasteiger partial charge on any atom is -0.492 e. The summed E-state index contributed by atoms with van der Waals surface area (Å²) in [5, 5.41) is 0. The number of benzene rings is 2. The molecule has 2 aromatic carbocycles. The van der Waals surface area contributed by atoms with Crippen LogP contribution in [-0.2, 0) is 11.2 Å². The van der Waals surface area contributed by atoms with Gasteiger partial charge in [-0.15, -0.1) is 0 Å². The number of rotatable bonds is 7. The van der Waals surface area contributed by atoms with Crippen LogP contribution in [0.5, 0.6) is 17.2 Å². The highest BCUT2D eigenvalue weighted by Crippen LogP contribution is 2.30. The zero-order valence-corrected chi connectivity index (χ0v) is 17.4. The second-order valence-corrected chi connectivity index (χ2v) is 7.72. The summed E-state index contributed by atoms with van der Waals surface area (Å²) in [6.07, 6.45) is 2.14. The number of nitrogens with zero attached hydrogens (tertiary/aromatic N) is 2. The van der Waals surface area contributed by atoms with E-state index in [1.165, 1.54) is 0 Å². The Morgan fingerprint density at radius 1 is 0.933 bits per heavy atom. The van der Waals surface area contributed by atoms with Crippen LogP contribution in [0.1, 0.15) is 18.4 Å². The molecule has 30 heavy (non-hydrogen) atoms. The van der Waals surface area contributed by atoms with Crippen LogP contribution in [0, 0.1) is 0 Å². The number of carbonyl (C=O) groups is 1. The molecule has 0 saturated carbocycles. The quantitative estimate of drug-likeness (QED) is 0.702. The Morgan fingerprint density at radius 2 is 1.70 bits per heavy atom. The summed E-state index contributed by atoms with van der Waals surface area (Å²) >= 11 is 0. The van der Waals surface area contributed by atoms with E-state index in [-0.39, 0.29) is 5.91 Å². The van der Waals surface area contributed by atoms with Crippen molar-refractivity contribution in [2.75, 3.05) is 52.5 Å². The first-order valence-corrected chi connectivity index (χ1v) is 10.8. The predicted molar refractivity (Wildman–Crippen MR) is 115 cm³/mol. The zero-order chi connectivity index (χ0) is 20.6.